The summed E-state index contributed by atoms with van der Waals surface area (Å²) in [7, 11) is 0. The molecule has 2 heterocycles. The highest BCUT2D eigenvalue weighted by Gasteiger charge is 2.30. The van der Waals surface area contributed by atoms with Crippen LogP contribution in [0.1, 0.15) is 23.2 Å². The fourth-order valence-electron chi connectivity index (χ4n) is 2.36. The third-order valence-electron chi connectivity index (χ3n) is 3.45. The van der Waals surface area contributed by atoms with E-state index in [1.807, 2.05) is 4.98 Å². The van der Waals surface area contributed by atoms with Gasteiger partial charge in [0, 0.05) is 24.5 Å². The van der Waals surface area contributed by atoms with Crippen molar-refractivity contribution in [3.63, 3.8) is 0 Å². The first-order valence-electron chi connectivity index (χ1n) is 7.05. The zero-order valence-corrected chi connectivity index (χ0v) is 12.3. The summed E-state index contributed by atoms with van der Waals surface area (Å²) in [5.41, 5.74) is -0.753. The molecule has 1 aromatic carbocycles. The summed E-state index contributed by atoms with van der Waals surface area (Å²) in [4.78, 5) is 63.1. The van der Waals surface area contributed by atoms with Crippen LogP contribution in [0, 0.1) is 0 Å². The van der Waals surface area contributed by atoms with Crippen molar-refractivity contribution in [3.05, 3.63) is 56.7 Å². The number of aromatic amines is 2. The maximum absolute atomic E-state index is 12.1. The van der Waals surface area contributed by atoms with Crippen molar-refractivity contribution in [1.82, 2.24) is 9.97 Å². The molecule has 0 saturated carbocycles. The van der Waals surface area contributed by atoms with E-state index in [0.29, 0.717) is 5.69 Å². The van der Waals surface area contributed by atoms with Gasteiger partial charge >= 0.3 is 5.69 Å². The molecule has 0 bridgehead atoms. The summed E-state index contributed by atoms with van der Waals surface area (Å²) in [5, 5.41) is 2.38. The summed E-state index contributed by atoms with van der Waals surface area (Å²) in [6.45, 7) is 0. The molecule has 1 saturated heterocycles. The first-order chi connectivity index (χ1) is 11.4. The van der Waals surface area contributed by atoms with E-state index >= 15 is 0 Å². The number of nitrogens with zero attached hydrogens (tertiary/aromatic N) is 1. The number of hydrogen-bond acceptors (Lipinski definition) is 5. The molecule has 3 rings (SSSR count). The highest BCUT2D eigenvalue weighted by atomic mass is 16.2. The first-order valence-corrected chi connectivity index (χ1v) is 7.05. The maximum atomic E-state index is 12.1. The standard InChI is InChI=1S/C15H12N4O5/c20-11-7-10(17-15(24)18-11)16-14(23)8-1-3-9(4-2-8)19-12(21)5-6-13(19)22/h1-4,7H,5-6H2,(H3,16,17,18,20,23,24). The van der Waals surface area contributed by atoms with Crippen molar-refractivity contribution in [2.45, 2.75) is 12.8 Å². The fraction of sp³-hybridized carbons (Fsp3) is 0.133. The fourth-order valence-corrected chi connectivity index (χ4v) is 2.36. The normalized spacial score (nSPS) is 14.1. The van der Waals surface area contributed by atoms with E-state index in [9.17, 15) is 24.0 Å². The Bertz CT molecular complexity index is 897. The topological polar surface area (TPSA) is 132 Å². The van der Waals surface area contributed by atoms with Gasteiger partial charge in [0.05, 0.1) is 5.69 Å². The van der Waals surface area contributed by atoms with Crippen LogP contribution in [0.3, 0.4) is 0 Å². The monoisotopic (exact) mass is 328 g/mol. The second-order valence-corrected chi connectivity index (χ2v) is 5.13. The van der Waals surface area contributed by atoms with Gasteiger partial charge in [0.1, 0.15) is 5.82 Å². The Morgan fingerprint density at radius 1 is 0.958 bits per heavy atom. The average molecular weight is 328 g/mol. The van der Waals surface area contributed by atoms with Gasteiger partial charge < -0.3 is 5.32 Å². The van der Waals surface area contributed by atoms with Crippen LogP contribution >= 0.6 is 0 Å². The van der Waals surface area contributed by atoms with Crippen LogP contribution in [-0.4, -0.2) is 27.7 Å². The number of amides is 3. The number of nitrogens with one attached hydrogen (secondary N) is 3. The van der Waals surface area contributed by atoms with Gasteiger partial charge in [0.15, 0.2) is 0 Å². The predicted molar refractivity (Wildman–Crippen MR) is 83.8 cm³/mol. The van der Waals surface area contributed by atoms with Crippen molar-refractivity contribution >= 4 is 29.2 Å². The molecule has 0 unspecified atom stereocenters. The number of carbonyl (C=O) groups excluding carboxylic acids is 3. The maximum Gasteiger partial charge on any atom is 0.327 e. The van der Waals surface area contributed by atoms with E-state index in [1.54, 1.807) is 0 Å². The summed E-state index contributed by atoms with van der Waals surface area (Å²) < 4.78 is 0. The van der Waals surface area contributed by atoms with Crippen molar-refractivity contribution < 1.29 is 14.4 Å². The molecule has 122 valence electrons. The average Bonchev–Trinajstić information content (AvgIpc) is 2.85. The van der Waals surface area contributed by atoms with Crippen LogP contribution in [0.15, 0.2) is 39.9 Å². The van der Waals surface area contributed by atoms with Crippen LogP contribution < -0.4 is 21.5 Å². The zero-order valence-electron chi connectivity index (χ0n) is 12.3. The Kier molecular flexibility index (Phi) is 3.82. The lowest BCUT2D eigenvalue weighted by Crippen LogP contribution is -2.28. The van der Waals surface area contributed by atoms with Crippen molar-refractivity contribution in [1.29, 1.82) is 0 Å². The molecular weight excluding hydrogens is 316 g/mol. The number of rotatable bonds is 3. The molecule has 1 aromatic heterocycles. The minimum Gasteiger partial charge on any atom is -0.308 e. The van der Waals surface area contributed by atoms with E-state index in [2.05, 4.69) is 10.3 Å². The molecule has 0 aliphatic carbocycles. The molecule has 0 spiro atoms. The smallest absolute Gasteiger partial charge is 0.308 e. The van der Waals surface area contributed by atoms with Gasteiger partial charge in [-0.1, -0.05) is 0 Å². The number of imide groups is 1. The quantitative estimate of drug-likeness (QED) is 0.681. The first kappa shape index (κ1) is 15.4. The second-order valence-electron chi connectivity index (χ2n) is 5.13. The molecular formula is C15H12N4O5. The Morgan fingerprint density at radius 2 is 1.58 bits per heavy atom. The number of aromatic nitrogens is 2. The van der Waals surface area contributed by atoms with Crippen LogP contribution in [0.5, 0.6) is 0 Å². The molecule has 24 heavy (non-hydrogen) atoms. The Hall–Kier alpha value is -3.49. The van der Waals surface area contributed by atoms with Gasteiger partial charge in [-0.05, 0) is 24.3 Å². The highest BCUT2D eigenvalue weighted by molar-refractivity contribution is 6.20. The van der Waals surface area contributed by atoms with Crippen LogP contribution in [-0.2, 0) is 9.59 Å². The minimum atomic E-state index is -0.737. The van der Waals surface area contributed by atoms with Gasteiger partial charge in [-0.15, -0.1) is 0 Å². The Labute approximate surface area is 134 Å². The van der Waals surface area contributed by atoms with Crippen LogP contribution in [0.25, 0.3) is 0 Å². The molecule has 3 amide bonds. The number of anilines is 2. The van der Waals surface area contributed by atoms with Crippen molar-refractivity contribution in [2.24, 2.45) is 0 Å². The van der Waals surface area contributed by atoms with Crippen molar-refractivity contribution in [2.75, 3.05) is 10.2 Å². The lowest BCUT2D eigenvalue weighted by molar-refractivity contribution is -0.121. The number of benzene rings is 1. The van der Waals surface area contributed by atoms with Gasteiger partial charge in [0.2, 0.25) is 11.8 Å². The van der Waals surface area contributed by atoms with Crippen molar-refractivity contribution in [3.8, 4) is 0 Å². The van der Waals surface area contributed by atoms with Crippen LogP contribution in [0.2, 0.25) is 0 Å². The number of hydrogen-bond donors (Lipinski definition) is 3. The molecule has 0 radical (unpaired) electrons. The number of carbonyl (C=O) groups is 3. The molecule has 1 fully saturated rings. The molecule has 2 aromatic rings. The van der Waals surface area contributed by atoms with E-state index < -0.39 is 17.2 Å². The lowest BCUT2D eigenvalue weighted by Gasteiger charge is -2.14. The molecule has 3 N–H and O–H groups in total. The second kappa shape index (κ2) is 5.95. The van der Waals surface area contributed by atoms with Gasteiger partial charge in [-0.3, -0.25) is 34.0 Å². The van der Waals surface area contributed by atoms with Gasteiger partial charge in [0.25, 0.3) is 11.5 Å². The van der Waals surface area contributed by atoms with E-state index in [4.69, 9.17) is 0 Å². The highest BCUT2D eigenvalue weighted by Crippen LogP contribution is 2.22. The third-order valence-corrected chi connectivity index (χ3v) is 3.45. The molecule has 9 nitrogen and oxygen atoms in total. The number of H-pyrrole nitrogens is 2. The zero-order chi connectivity index (χ0) is 17.3. The van der Waals surface area contributed by atoms with E-state index in [0.717, 1.165) is 11.0 Å². The molecule has 9 heteroatoms. The Morgan fingerprint density at radius 3 is 2.17 bits per heavy atom. The lowest BCUT2D eigenvalue weighted by atomic mass is 10.2. The van der Waals surface area contributed by atoms with E-state index in [1.165, 1.54) is 24.3 Å². The predicted octanol–water partition coefficient (Wildman–Crippen LogP) is -0.0311. The molecule has 0 atom stereocenters. The van der Waals surface area contributed by atoms with E-state index in [-0.39, 0.29) is 36.0 Å². The largest absolute Gasteiger partial charge is 0.327 e. The SMILES string of the molecule is O=C(Nc1cc(=O)[nH]c(=O)[nH]1)c1ccc(N2C(=O)CCC2=O)cc1. The Balaban J connectivity index is 1.79. The third kappa shape index (κ3) is 3.00. The van der Waals surface area contributed by atoms with Gasteiger partial charge in [-0.25, -0.2) is 4.79 Å². The summed E-state index contributed by atoms with van der Waals surface area (Å²) in [6.07, 6.45) is 0.355. The summed E-state index contributed by atoms with van der Waals surface area (Å²) in [5.74, 6) is -1.15. The molecule has 1 aliphatic rings. The van der Waals surface area contributed by atoms with Gasteiger partial charge in [-0.2, -0.15) is 0 Å². The summed E-state index contributed by atoms with van der Waals surface area (Å²) >= 11 is 0. The molecule has 1 aliphatic heterocycles. The minimum absolute atomic E-state index is 0.0391. The van der Waals surface area contributed by atoms with Crippen LogP contribution in [0.4, 0.5) is 11.5 Å². The summed E-state index contributed by atoms with van der Waals surface area (Å²) in [6, 6.07) is 6.88.